The van der Waals surface area contributed by atoms with E-state index in [4.69, 9.17) is 20.9 Å². The number of amides is 1. The fourth-order valence-corrected chi connectivity index (χ4v) is 5.05. The van der Waals surface area contributed by atoms with Gasteiger partial charge in [0.15, 0.2) is 11.9 Å². The number of hydrogen-bond acceptors (Lipinski definition) is 7. The van der Waals surface area contributed by atoms with E-state index in [0.29, 0.717) is 35.2 Å². The Labute approximate surface area is 178 Å². The average Bonchev–Trinajstić information content (AvgIpc) is 3.16. The summed E-state index contributed by atoms with van der Waals surface area (Å²) in [5.74, 6) is 1.91. The second kappa shape index (κ2) is 6.28. The van der Waals surface area contributed by atoms with Crippen molar-refractivity contribution in [2.45, 2.75) is 56.8 Å². The van der Waals surface area contributed by atoms with Gasteiger partial charge in [0.1, 0.15) is 11.8 Å². The van der Waals surface area contributed by atoms with Crippen LogP contribution in [-0.2, 0) is 9.53 Å². The standard InChI is InChI=1S/C21H22ClN5O3/c1-11-8-13(11)18-24-19(30-25-18)16-17-20(28)27(21(2)6-3-7-29-21)15-9-12(22)4-5-14(15)26(17)10-23-16/h4-5,9-11,13,16-17H,3,6-8H2,1-2H3. The zero-order valence-electron chi connectivity index (χ0n) is 16.8. The quantitative estimate of drug-likeness (QED) is 0.742. The molecule has 0 N–H and O–H groups in total. The summed E-state index contributed by atoms with van der Waals surface area (Å²) in [5, 5.41) is 4.73. The van der Waals surface area contributed by atoms with Crippen LogP contribution in [0.3, 0.4) is 0 Å². The summed E-state index contributed by atoms with van der Waals surface area (Å²) in [6.45, 7) is 4.75. The molecule has 5 atom stereocenters. The first-order chi connectivity index (χ1) is 14.5. The van der Waals surface area contributed by atoms with E-state index in [9.17, 15) is 4.79 Å². The number of rotatable bonds is 3. The Kier molecular flexibility index (Phi) is 3.83. The van der Waals surface area contributed by atoms with E-state index >= 15 is 0 Å². The monoisotopic (exact) mass is 427 g/mol. The molecule has 5 unspecified atom stereocenters. The molecule has 1 aliphatic carbocycles. The van der Waals surface area contributed by atoms with Gasteiger partial charge < -0.3 is 14.2 Å². The average molecular weight is 428 g/mol. The predicted octanol–water partition coefficient (Wildman–Crippen LogP) is 3.68. The Morgan fingerprint density at radius 2 is 2.13 bits per heavy atom. The van der Waals surface area contributed by atoms with Crippen molar-refractivity contribution in [3.05, 3.63) is 34.9 Å². The van der Waals surface area contributed by atoms with E-state index in [2.05, 4.69) is 22.1 Å². The summed E-state index contributed by atoms with van der Waals surface area (Å²) in [4.78, 5) is 26.7. The maximum Gasteiger partial charge on any atom is 0.255 e. The predicted molar refractivity (Wildman–Crippen MR) is 111 cm³/mol. The van der Waals surface area contributed by atoms with Crippen molar-refractivity contribution < 1.29 is 14.1 Å². The van der Waals surface area contributed by atoms with E-state index in [1.54, 1.807) is 11.2 Å². The lowest BCUT2D eigenvalue weighted by molar-refractivity contribution is -0.125. The van der Waals surface area contributed by atoms with Gasteiger partial charge >= 0.3 is 0 Å². The highest BCUT2D eigenvalue weighted by Crippen LogP contribution is 2.49. The molecule has 0 radical (unpaired) electrons. The third kappa shape index (κ3) is 2.56. The molecule has 156 valence electrons. The topological polar surface area (TPSA) is 84.1 Å². The van der Waals surface area contributed by atoms with Crippen LogP contribution in [0, 0.1) is 5.92 Å². The molecule has 6 rings (SSSR count). The van der Waals surface area contributed by atoms with Crippen molar-refractivity contribution >= 4 is 35.2 Å². The summed E-state index contributed by atoms with van der Waals surface area (Å²) < 4.78 is 11.6. The number of aliphatic imine (C=N–C) groups is 1. The highest BCUT2D eigenvalue weighted by Gasteiger charge is 2.53. The second-order valence-corrected chi connectivity index (χ2v) is 9.24. The van der Waals surface area contributed by atoms with Gasteiger partial charge in [-0.3, -0.25) is 14.7 Å². The number of ether oxygens (including phenoxy) is 1. The Hall–Kier alpha value is -2.45. The van der Waals surface area contributed by atoms with Crippen LogP contribution >= 0.6 is 11.6 Å². The molecule has 0 bridgehead atoms. The van der Waals surface area contributed by atoms with Gasteiger partial charge in [0, 0.05) is 17.5 Å². The van der Waals surface area contributed by atoms with Crippen LogP contribution in [0.25, 0.3) is 0 Å². The number of carbonyl (C=O) groups is 1. The maximum absolute atomic E-state index is 13.9. The number of halogens is 1. The largest absolute Gasteiger partial charge is 0.355 e. The molecule has 9 heteroatoms. The molecule has 1 amide bonds. The zero-order valence-corrected chi connectivity index (χ0v) is 17.5. The Morgan fingerprint density at radius 1 is 1.30 bits per heavy atom. The van der Waals surface area contributed by atoms with Crippen molar-refractivity contribution in [1.29, 1.82) is 0 Å². The number of fused-ring (bicyclic) bond motifs is 3. The van der Waals surface area contributed by atoms with Gasteiger partial charge in [-0.2, -0.15) is 4.98 Å². The molecule has 2 fully saturated rings. The number of benzene rings is 1. The summed E-state index contributed by atoms with van der Waals surface area (Å²) in [5.41, 5.74) is 0.875. The molecular weight excluding hydrogens is 406 g/mol. The first kappa shape index (κ1) is 18.3. The third-order valence-electron chi connectivity index (χ3n) is 6.70. The Morgan fingerprint density at radius 3 is 2.87 bits per heavy atom. The van der Waals surface area contributed by atoms with Crippen LogP contribution in [0.1, 0.15) is 56.8 Å². The lowest BCUT2D eigenvalue weighted by Crippen LogP contribution is -2.60. The van der Waals surface area contributed by atoms with Crippen molar-refractivity contribution in [2.24, 2.45) is 10.9 Å². The summed E-state index contributed by atoms with van der Waals surface area (Å²) >= 11 is 6.30. The zero-order chi connectivity index (χ0) is 20.6. The number of carbonyl (C=O) groups excluding carboxylic acids is 1. The van der Waals surface area contributed by atoms with E-state index in [-0.39, 0.29) is 5.91 Å². The summed E-state index contributed by atoms with van der Waals surface area (Å²) in [6, 6.07) is 4.41. The van der Waals surface area contributed by atoms with Crippen LogP contribution in [0.15, 0.2) is 27.7 Å². The van der Waals surface area contributed by atoms with Gasteiger partial charge in [-0.15, -0.1) is 0 Å². The molecule has 1 aromatic heterocycles. The highest BCUT2D eigenvalue weighted by atomic mass is 35.5. The van der Waals surface area contributed by atoms with Crippen molar-refractivity contribution in [3.63, 3.8) is 0 Å². The number of hydrogen-bond donors (Lipinski definition) is 0. The van der Waals surface area contributed by atoms with E-state index in [1.807, 2.05) is 30.0 Å². The normalized spacial score (nSPS) is 34.4. The van der Waals surface area contributed by atoms with E-state index < -0.39 is 17.8 Å². The van der Waals surface area contributed by atoms with E-state index in [1.165, 1.54) is 0 Å². The van der Waals surface area contributed by atoms with Crippen molar-refractivity contribution in [2.75, 3.05) is 16.4 Å². The number of aromatic nitrogens is 2. The smallest absolute Gasteiger partial charge is 0.255 e. The molecule has 4 heterocycles. The molecule has 0 spiro atoms. The first-order valence-electron chi connectivity index (χ1n) is 10.4. The third-order valence-corrected chi connectivity index (χ3v) is 6.94. The molecule has 1 saturated carbocycles. The number of nitrogens with zero attached hydrogens (tertiary/aromatic N) is 5. The lowest BCUT2D eigenvalue weighted by atomic mass is 9.97. The van der Waals surface area contributed by atoms with Crippen LogP contribution in [-0.4, -0.2) is 40.8 Å². The van der Waals surface area contributed by atoms with Crippen LogP contribution < -0.4 is 9.80 Å². The molecule has 30 heavy (non-hydrogen) atoms. The van der Waals surface area contributed by atoms with Gasteiger partial charge in [0.25, 0.3) is 11.8 Å². The molecule has 8 nitrogen and oxygen atoms in total. The lowest BCUT2D eigenvalue weighted by Gasteiger charge is -2.45. The fourth-order valence-electron chi connectivity index (χ4n) is 4.89. The number of anilines is 2. The van der Waals surface area contributed by atoms with Gasteiger partial charge in [-0.25, -0.2) is 0 Å². The Balaban J connectivity index is 1.42. The van der Waals surface area contributed by atoms with Gasteiger partial charge in [0.2, 0.25) is 0 Å². The first-order valence-corrected chi connectivity index (χ1v) is 10.8. The summed E-state index contributed by atoms with van der Waals surface area (Å²) in [6.07, 6.45) is 4.42. The van der Waals surface area contributed by atoms with Gasteiger partial charge in [-0.05, 0) is 50.3 Å². The SMILES string of the molecule is CC1CC1c1noc(C2N=CN3c4ccc(Cl)cc4N(C4(C)CCCO4)C(=O)C23)n1. The van der Waals surface area contributed by atoms with Gasteiger partial charge in [0.05, 0.1) is 17.7 Å². The minimum atomic E-state index is -0.723. The molecule has 4 aliphatic rings. The minimum absolute atomic E-state index is 0.101. The maximum atomic E-state index is 13.9. The van der Waals surface area contributed by atoms with Crippen LogP contribution in [0.4, 0.5) is 11.4 Å². The molecule has 1 aromatic carbocycles. The fraction of sp³-hybridized carbons (Fsp3) is 0.524. The van der Waals surface area contributed by atoms with Crippen LogP contribution in [0.2, 0.25) is 5.02 Å². The van der Waals surface area contributed by atoms with Gasteiger partial charge in [-0.1, -0.05) is 23.7 Å². The van der Waals surface area contributed by atoms with E-state index in [0.717, 1.165) is 30.6 Å². The molecule has 2 aromatic rings. The van der Waals surface area contributed by atoms with Crippen molar-refractivity contribution in [3.8, 4) is 0 Å². The molecule has 1 saturated heterocycles. The molecule has 3 aliphatic heterocycles. The Bertz CT molecular complexity index is 1060. The van der Waals surface area contributed by atoms with Crippen LogP contribution in [0.5, 0.6) is 0 Å². The second-order valence-electron chi connectivity index (χ2n) is 8.81. The highest BCUT2D eigenvalue weighted by molar-refractivity contribution is 6.31. The summed E-state index contributed by atoms with van der Waals surface area (Å²) in [7, 11) is 0. The minimum Gasteiger partial charge on any atom is -0.355 e. The van der Waals surface area contributed by atoms with Crippen molar-refractivity contribution in [1.82, 2.24) is 10.1 Å². The molecular formula is C21H22ClN5O3.